The molecule has 0 heterocycles. The summed E-state index contributed by atoms with van der Waals surface area (Å²) in [5, 5.41) is 11.3. The topological polar surface area (TPSA) is 35.5 Å². The fourth-order valence-corrected chi connectivity index (χ4v) is 0.453. The van der Waals surface area contributed by atoms with E-state index in [2.05, 4.69) is 5.43 Å². The lowest BCUT2D eigenvalue weighted by Gasteiger charge is -2.24. The molecule has 0 aliphatic carbocycles. The third kappa shape index (κ3) is 4.73. The van der Waals surface area contributed by atoms with Gasteiger partial charge in [-0.3, -0.25) is 10.4 Å². The van der Waals surface area contributed by atoms with Crippen LogP contribution in [0.1, 0.15) is 20.3 Å². The molecule has 10 heavy (non-hydrogen) atoms. The summed E-state index contributed by atoms with van der Waals surface area (Å²) in [6.45, 7) is 4.40. The zero-order valence-electron chi connectivity index (χ0n) is 7.31. The maximum Gasteiger partial charge on any atom is 0.0755 e. The second kappa shape index (κ2) is 3.91. The van der Waals surface area contributed by atoms with Gasteiger partial charge in [0.1, 0.15) is 0 Å². The molecular formula is C7H18N2O. The van der Waals surface area contributed by atoms with Crippen molar-refractivity contribution in [3.05, 3.63) is 0 Å². The van der Waals surface area contributed by atoms with Gasteiger partial charge < -0.3 is 5.11 Å². The summed E-state index contributed by atoms with van der Waals surface area (Å²) in [4.78, 5) is 0. The van der Waals surface area contributed by atoms with E-state index in [1.54, 1.807) is 0 Å². The zero-order valence-corrected chi connectivity index (χ0v) is 7.31. The minimum atomic E-state index is -0.579. The van der Waals surface area contributed by atoms with Gasteiger partial charge >= 0.3 is 0 Å². The normalized spacial score (nSPS) is 17.4. The number of hydrogen-bond acceptors (Lipinski definition) is 3. The van der Waals surface area contributed by atoms with Crippen LogP contribution in [0.4, 0.5) is 0 Å². The number of hydrogen-bond donors (Lipinski definition) is 2. The molecule has 2 N–H and O–H groups in total. The molecule has 1 atom stereocenters. The van der Waals surface area contributed by atoms with Crippen LogP contribution in [-0.4, -0.2) is 36.4 Å². The molecule has 0 spiro atoms. The van der Waals surface area contributed by atoms with Gasteiger partial charge in [0.2, 0.25) is 0 Å². The summed E-state index contributed by atoms with van der Waals surface area (Å²) in [6, 6.07) is 0. The molecule has 0 fully saturated rings. The molecule has 0 radical (unpaired) electrons. The maximum atomic E-state index is 9.48. The molecule has 0 aliphatic heterocycles. The van der Waals surface area contributed by atoms with E-state index in [9.17, 15) is 5.11 Å². The molecule has 0 aromatic rings. The Hall–Kier alpha value is -0.120. The molecule has 0 aromatic heterocycles. The fraction of sp³-hybridized carbons (Fsp3) is 1.00. The number of nitrogens with zero attached hydrogens (tertiary/aromatic N) is 1. The van der Waals surface area contributed by atoms with Crippen molar-refractivity contribution in [2.45, 2.75) is 25.9 Å². The Labute approximate surface area is 63.0 Å². The quantitative estimate of drug-likeness (QED) is 0.557. The van der Waals surface area contributed by atoms with Crippen molar-refractivity contribution in [3.8, 4) is 0 Å². The van der Waals surface area contributed by atoms with Gasteiger partial charge in [0.25, 0.3) is 0 Å². The van der Waals surface area contributed by atoms with E-state index in [0.717, 1.165) is 6.42 Å². The van der Waals surface area contributed by atoms with Crippen molar-refractivity contribution in [1.82, 2.24) is 10.4 Å². The van der Waals surface area contributed by atoms with E-state index in [1.165, 1.54) is 0 Å². The Morgan fingerprint density at radius 2 is 2.00 bits per heavy atom. The van der Waals surface area contributed by atoms with Crippen molar-refractivity contribution in [1.29, 1.82) is 0 Å². The lowest BCUT2D eigenvalue weighted by atomic mass is 10.1. The molecule has 0 aliphatic rings. The van der Waals surface area contributed by atoms with Crippen LogP contribution < -0.4 is 5.43 Å². The number of hydrazine groups is 1. The van der Waals surface area contributed by atoms with Gasteiger partial charge in [-0.25, -0.2) is 0 Å². The predicted octanol–water partition coefficient (Wildman–Crippen LogP) is 0.214. The molecule has 0 amide bonds. The van der Waals surface area contributed by atoms with Crippen LogP contribution in [0.2, 0.25) is 0 Å². The largest absolute Gasteiger partial charge is 0.389 e. The van der Waals surface area contributed by atoms with Gasteiger partial charge in [0, 0.05) is 20.6 Å². The summed E-state index contributed by atoms with van der Waals surface area (Å²) >= 11 is 0. The monoisotopic (exact) mass is 146 g/mol. The van der Waals surface area contributed by atoms with Crippen LogP contribution >= 0.6 is 0 Å². The van der Waals surface area contributed by atoms with E-state index in [4.69, 9.17) is 0 Å². The maximum absolute atomic E-state index is 9.48. The van der Waals surface area contributed by atoms with E-state index in [0.29, 0.717) is 6.54 Å². The van der Waals surface area contributed by atoms with E-state index >= 15 is 0 Å². The number of nitrogens with one attached hydrogen (secondary N) is 1. The molecule has 0 aromatic carbocycles. The fourth-order valence-electron chi connectivity index (χ4n) is 0.453. The molecule has 0 saturated heterocycles. The summed E-state index contributed by atoms with van der Waals surface area (Å²) in [5.74, 6) is 0. The second-order valence-corrected chi connectivity index (χ2v) is 3.08. The van der Waals surface area contributed by atoms with Crippen molar-refractivity contribution < 1.29 is 5.11 Å². The molecule has 0 rings (SSSR count). The highest BCUT2D eigenvalue weighted by Gasteiger charge is 2.16. The van der Waals surface area contributed by atoms with E-state index in [1.807, 2.05) is 33.0 Å². The molecule has 3 nitrogen and oxygen atoms in total. The first-order valence-corrected chi connectivity index (χ1v) is 3.61. The number of aliphatic hydroxyl groups is 1. The van der Waals surface area contributed by atoms with Crippen molar-refractivity contribution in [2.75, 3.05) is 20.6 Å². The molecular weight excluding hydrogens is 128 g/mol. The van der Waals surface area contributed by atoms with Crippen LogP contribution in [0, 0.1) is 0 Å². The summed E-state index contributed by atoms with van der Waals surface area (Å²) in [5.41, 5.74) is 2.44. The first-order chi connectivity index (χ1) is 4.48. The first kappa shape index (κ1) is 9.88. The minimum absolute atomic E-state index is 0.579. The Balaban J connectivity index is 3.46. The Morgan fingerprint density at radius 1 is 1.50 bits per heavy atom. The average molecular weight is 146 g/mol. The zero-order chi connectivity index (χ0) is 8.20. The second-order valence-electron chi connectivity index (χ2n) is 3.08. The smallest absolute Gasteiger partial charge is 0.0755 e. The third-order valence-corrected chi connectivity index (χ3v) is 1.54. The van der Waals surface area contributed by atoms with Crippen LogP contribution in [0.5, 0.6) is 0 Å². The van der Waals surface area contributed by atoms with Crippen molar-refractivity contribution in [2.24, 2.45) is 0 Å². The van der Waals surface area contributed by atoms with Crippen LogP contribution in [-0.2, 0) is 0 Å². The minimum Gasteiger partial charge on any atom is -0.389 e. The molecule has 3 heteroatoms. The summed E-state index contributed by atoms with van der Waals surface area (Å²) < 4.78 is 0. The Morgan fingerprint density at radius 3 is 2.30 bits per heavy atom. The Kier molecular flexibility index (Phi) is 3.86. The average Bonchev–Trinajstić information content (AvgIpc) is 1.85. The number of rotatable bonds is 4. The Bertz CT molecular complexity index is 91.6. The molecule has 0 bridgehead atoms. The summed E-state index contributed by atoms with van der Waals surface area (Å²) in [6.07, 6.45) is 0.772. The first-order valence-electron chi connectivity index (χ1n) is 3.61. The van der Waals surface area contributed by atoms with Crippen LogP contribution in [0.3, 0.4) is 0 Å². The van der Waals surface area contributed by atoms with Gasteiger partial charge in [0.15, 0.2) is 0 Å². The summed E-state index contributed by atoms with van der Waals surface area (Å²) in [7, 11) is 3.82. The molecule has 0 saturated carbocycles. The highest BCUT2D eigenvalue weighted by atomic mass is 16.3. The molecule has 62 valence electrons. The predicted molar refractivity (Wildman–Crippen MR) is 42.6 cm³/mol. The SMILES string of the molecule is CCC(C)(O)CNN(C)C. The standard InChI is InChI=1S/C7H18N2O/c1-5-7(2,10)6-8-9(3)4/h8,10H,5-6H2,1-4H3. The van der Waals surface area contributed by atoms with Crippen LogP contribution in [0.15, 0.2) is 0 Å². The van der Waals surface area contributed by atoms with Crippen molar-refractivity contribution in [3.63, 3.8) is 0 Å². The highest BCUT2D eigenvalue weighted by Crippen LogP contribution is 2.05. The van der Waals surface area contributed by atoms with Gasteiger partial charge in [-0.15, -0.1) is 0 Å². The van der Waals surface area contributed by atoms with Gasteiger partial charge in [-0.05, 0) is 13.3 Å². The van der Waals surface area contributed by atoms with Crippen LogP contribution in [0.25, 0.3) is 0 Å². The lowest BCUT2D eigenvalue weighted by Crippen LogP contribution is -2.43. The van der Waals surface area contributed by atoms with Gasteiger partial charge in [-0.1, -0.05) is 6.92 Å². The van der Waals surface area contributed by atoms with E-state index in [-0.39, 0.29) is 0 Å². The van der Waals surface area contributed by atoms with Gasteiger partial charge in [-0.2, -0.15) is 0 Å². The lowest BCUT2D eigenvalue weighted by molar-refractivity contribution is 0.0383. The highest BCUT2D eigenvalue weighted by molar-refractivity contribution is 4.71. The van der Waals surface area contributed by atoms with Gasteiger partial charge in [0.05, 0.1) is 5.60 Å². The third-order valence-electron chi connectivity index (χ3n) is 1.54. The van der Waals surface area contributed by atoms with E-state index < -0.39 is 5.60 Å². The van der Waals surface area contributed by atoms with Crippen molar-refractivity contribution >= 4 is 0 Å². The molecule has 1 unspecified atom stereocenters.